The first-order valence-corrected chi connectivity index (χ1v) is 33.0. The third kappa shape index (κ3) is 31.2. The fourth-order valence-electron chi connectivity index (χ4n) is 10.8. The first-order chi connectivity index (χ1) is 41.3. The quantitative estimate of drug-likeness (QED) is 0.0206. The minimum Gasteiger partial charge on any atom is -0.394 e. The van der Waals surface area contributed by atoms with Crippen LogP contribution in [0.15, 0.2) is 60.8 Å². The number of ether oxygens (including phenoxy) is 6. The fraction of sp³-hybridized carbons (Fsp3) is 0.833. The number of aliphatic hydroxyl groups is 11. The van der Waals surface area contributed by atoms with Crippen molar-refractivity contribution in [3.05, 3.63) is 60.8 Å². The van der Waals surface area contributed by atoms with Gasteiger partial charge < -0.3 is 89.9 Å². The Balaban J connectivity index is 1.48. The molecular formula is C66H117NO18. The smallest absolute Gasteiger partial charge is 0.220 e. The highest BCUT2D eigenvalue weighted by molar-refractivity contribution is 5.76. The van der Waals surface area contributed by atoms with Crippen LogP contribution in [0.4, 0.5) is 0 Å². The molecule has 12 N–H and O–H groups in total. The zero-order valence-corrected chi connectivity index (χ0v) is 51.8. The summed E-state index contributed by atoms with van der Waals surface area (Å²) in [6.07, 6.45) is 30.6. The largest absolute Gasteiger partial charge is 0.394 e. The Bertz CT molecular complexity index is 1780. The summed E-state index contributed by atoms with van der Waals surface area (Å²) in [5, 5.41) is 120. The van der Waals surface area contributed by atoms with E-state index in [4.69, 9.17) is 28.4 Å². The summed E-state index contributed by atoms with van der Waals surface area (Å²) in [6, 6.07) is -1.01. The van der Waals surface area contributed by atoms with Gasteiger partial charge in [-0.2, -0.15) is 0 Å². The molecule has 494 valence electrons. The van der Waals surface area contributed by atoms with Gasteiger partial charge in [-0.15, -0.1) is 0 Å². The van der Waals surface area contributed by atoms with E-state index in [1.54, 1.807) is 6.08 Å². The predicted octanol–water partition coefficient (Wildman–Crippen LogP) is 7.60. The number of rotatable bonds is 49. The first-order valence-electron chi connectivity index (χ1n) is 33.0. The van der Waals surface area contributed by atoms with Crippen molar-refractivity contribution in [2.24, 2.45) is 0 Å². The van der Waals surface area contributed by atoms with Crippen LogP contribution >= 0.6 is 0 Å². The molecule has 3 saturated heterocycles. The van der Waals surface area contributed by atoms with Crippen molar-refractivity contribution in [2.45, 2.75) is 324 Å². The summed E-state index contributed by atoms with van der Waals surface area (Å²) in [7, 11) is 0. The number of amides is 1. The maximum atomic E-state index is 13.3. The van der Waals surface area contributed by atoms with Crippen molar-refractivity contribution < 1.29 is 89.4 Å². The van der Waals surface area contributed by atoms with Crippen LogP contribution in [-0.2, 0) is 33.2 Å². The summed E-state index contributed by atoms with van der Waals surface area (Å²) >= 11 is 0. The average Bonchev–Trinajstić information content (AvgIpc) is 3.49. The lowest BCUT2D eigenvalue weighted by Crippen LogP contribution is -2.66. The van der Waals surface area contributed by atoms with E-state index in [2.05, 4.69) is 67.8 Å². The zero-order valence-electron chi connectivity index (χ0n) is 51.8. The first kappa shape index (κ1) is 76.7. The van der Waals surface area contributed by atoms with Crippen molar-refractivity contribution in [3.8, 4) is 0 Å². The normalized spacial score (nSPS) is 29.4. The summed E-state index contributed by atoms with van der Waals surface area (Å²) in [4.78, 5) is 13.3. The van der Waals surface area contributed by atoms with Gasteiger partial charge in [-0.25, -0.2) is 0 Å². The third-order valence-corrected chi connectivity index (χ3v) is 16.3. The van der Waals surface area contributed by atoms with Gasteiger partial charge in [0.1, 0.15) is 73.2 Å². The summed E-state index contributed by atoms with van der Waals surface area (Å²) < 4.78 is 34.3. The van der Waals surface area contributed by atoms with Crippen molar-refractivity contribution in [3.63, 3.8) is 0 Å². The second-order valence-electron chi connectivity index (χ2n) is 23.6. The topological polar surface area (TPSA) is 307 Å². The van der Waals surface area contributed by atoms with Gasteiger partial charge in [0.15, 0.2) is 18.9 Å². The van der Waals surface area contributed by atoms with Gasteiger partial charge in [0.2, 0.25) is 5.91 Å². The van der Waals surface area contributed by atoms with Crippen LogP contribution in [0.1, 0.15) is 219 Å². The van der Waals surface area contributed by atoms with E-state index in [9.17, 15) is 61.0 Å². The van der Waals surface area contributed by atoms with E-state index in [1.165, 1.54) is 116 Å². The monoisotopic (exact) mass is 1210 g/mol. The van der Waals surface area contributed by atoms with Gasteiger partial charge >= 0.3 is 0 Å². The van der Waals surface area contributed by atoms with Crippen LogP contribution in [-0.4, -0.2) is 193 Å². The molecule has 0 bridgehead atoms. The van der Waals surface area contributed by atoms with Crippen LogP contribution in [0.3, 0.4) is 0 Å². The predicted molar refractivity (Wildman–Crippen MR) is 328 cm³/mol. The van der Waals surface area contributed by atoms with E-state index in [1.807, 2.05) is 6.08 Å². The Hall–Kier alpha value is -2.51. The number of unbranched alkanes of at least 4 members (excludes halogenated alkanes) is 25. The van der Waals surface area contributed by atoms with Gasteiger partial charge in [0.25, 0.3) is 0 Å². The summed E-state index contributed by atoms with van der Waals surface area (Å²) in [5.74, 6) is -0.305. The molecule has 19 nitrogen and oxygen atoms in total. The Labute approximate surface area is 509 Å². The molecule has 0 spiro atoms. The molecule has 0 aromatic heterocycles. The molecule has 0 saturated carbocycles. The molecule has 3 aliphatic rings. The Morgan fingerprint density at radius 3 is 1.27 bits per heavy atom. The lowest BCUT2D eigenvalue weighted by molar-refractivity contribution is -0.379. The molecule has 0 aromatic carbocycles. The van der Waals surface area contributed by atoms with E-state index in [0.29, 0.717) is 12.8 Å². The Morgan fingerprint density at radius 2 is 0.788 bits per heavy atom. The van der Waals surface area contributed by atoms with E-state index < -0.39 is 124 Å². The van der Waals surface area contributed by atoms with Crippen LogP contribution in [0.5, 0.6) is 0 Å². The molecule has 3 rings (SSSR count). The molecular weight excluding hydrogens is 1090 g/mol. The molecule has 85 heavy (non-hydrogen) atoms. The summed E-state index contributed by atoms with van der Waals surface area (Å²) in [6.45, 7) is 1.66. The number of hydrogen-bond acceptors (Lipinski definition) is 18. The highest BCUT2D eigenvalue weighted by Gasteiger charge is 2.53. The maximum absolute atomic E-state index is 13.3. The molecule has 17 unspecified atom stereocenters. The van der Waals surface area contributed by atoms with Crippen molar-refractivity contribution in [2.75, 3.05) is 26.4 Å². The molecule has 0 radical (unpaired) electrons. The average molecular weight is 1210 g/mol. The molecule has 1 amide bonds. The second kappa shape index (κ2) is 48.4. The van der Waals surface area contributed by atoms with Crippen LogP contribution in [0.25, 0.3) is 0 Å². The number of carbonyl (C=O) groups is 1. The van der Waals surface area contributed by atoms with E-state index >= 15 is 0 Å². The number of allylic oxidation sites excluding steroid dienone is 9. The minimum atomic E-state index is -1.99. The molecule has 3 heterocycles. The summed E-state index contributed by atoms with van der Waals surface area (Å²) in [5.41, 5.74) is 0. The molecule has 0 aromatic rings. The van der Waals surface area contributed by atoms with Gasteiger partial charge in [0.05, 0.1) is 38.6 Å². The number of nitrogens with one attached hydrogen (secondary N) is 1. The highest BCUT2D eigenvalue weighted by atomic mass is 16.8. The zero-order chi connectivity index (χ0) is 61.9. The molecule has 17 atom stereocenters. The van der Waals surface area contributed by atoms with Gasteiger partial charge in [-0.3, -0.25) is 4.79 Å². The van der Waals surface area contributed by atoms with Crippen molar-refractivity contribution in [1.29, 1.82) is 0 Å². The van der Waals surface area contributed by atoms with Crippen LogP contribution in [0.2, 0.25) is 0 Å². The minimum absolute atomic E-state index is 0.214. The van der Waals surface area contributed by atoms with Crippen LogP contribution < -0.4 is 5.32 Å². The second-order valence-corrected chi connectivity index (χ2v) is 23.6. The molecule has 3 fully saturated rings. The van der Waals surface area contributed by atoms with Gasteiger partial charge in [-0.05, 0) is 77.0 Å². The third-order valence-electron chi connectivity index (χ3n) is 16.3. The Morgan fingerprint density at radius 1 is 0.424 bits per heavy atom. The number of carbonyl (C=O) groups excluding carboxylic acids is 1. The van der Waals surface area contributed by atoms with Gasteiger partial charge in [0, 0.05) is 6.42 Å². The standard InChI is InChI=1S/C66H117NO18/c1-3-5-7-9-11-13-15-17-19-20-21-22-23-24-25-26-27-28-30-31-33-35-37-39-41-43-50(71)49(67-54(72)44-42-40-38-36-34-32-29-18-16-14-12-10-8-6-4-2)48-80-64-60(78)57(75)62(52(46-69)82-64)85-66-61(79)58(76)63(53(47-70)83-66)84-65-59(77)56(74)55(73)51(45-68)81-65/h12,14,18,27-29,33,35,41,43,49-53,55-66,68-71,73-79H,3-11,13,15-17,19-26,30-32,34,36-40,42,44-48H2,1-2H3,(H,67,72)/b14-12-,28-27+,29-18-,35-33+,43-41+. The van der Waals surface area contributed by atoms with E-state index in [0.717, 1.165) is 70.6 Å². The van der Waals surface area contributed by atoms with E-state index in [-0.39, 0.29) is 18.9 Å². The highest BCUT2D eigenvalue weighted by Crippen LogP contribution is 2.33. The van der Waals surface area contributed by atoms with Crippen molar-refractivity contribution in [1.82, 2.24) is 5.32 Å². The lowest BCUT2D eigenvalue weighted by Gasteiger charge is -2.48. The maximum Gasteiger partial charge on any atom is 0.220 e. The van der Waals surface area contributed by atoms with Crippen molar-refractivity contribution >= 4 is 5.91 Å². The molecule has 0 aliphatic carbocycles. The van der Waals surface area contributed by atoms with Crippen LogP contribution in [0, 0.1) is 0 Å². The lowest BCUT2D eigenvalue weighted by atomic mass is 9.96. The van der Waals surface area contributed by atoms with Gasteiger partial charge in [-0.1, -0.05) is 197 Å². The number of aliphatic hydroxyl groups excluding tert-OH is 11. The SMILES string of the molecule is CCCCC/C=C\C/C=C\CCCCCCCC(=O)NC(COC1OC(CO)C(OC2OC(CO)C(OC3OC(CO)C(O)C(O)C3O)C(O)C2O)C(O)C1O)C(O)/C=C/CC/C=C/CC/C=C/CCCCCCCCCCCCCCCCC. The number of hydrogen-bond donors (Lipinski definition) is 12. The molecule has 3 aliphatic heterocycles. The fourth-order valence-corrected chi connectivity index (χ4v) is 10.8. The molecule has 19 heteroatoms. The Kier molecular flexibility index (Phi) is 43.7.